The predicted molar refractivity (Wildman–Crippen MR) is 117 cm³/mol. The number of benzene rings is 2. The van der Waals surface area contributed by atoms with Crippen molar-refractivity contribution in [3.8, 4) is 16.9 Å². The van der Waals surface area contributed by atoms with Crippen molar-refractivity contribution in [1.29, 1.82) is 0 Å². The van der Waals surface area contributed by atoms with E-state index in [2.05, 4.69) is 25.8 Å². The maximum absolute atomic E-state index is 11.9. The molecule has 0 saturated heterocycles. The molecule has 158 valence electrons. The third kappa shape index (κ3) is 4.31. The number of anilines is 2. The molecule has 4 rings (SSSR count). The number of phenols is 1. The first-order valence-corrected chi connectivity index (χ1v) is 9.75. The highest BCUT2D eigenvalue weighted by molar-refractivity contribution is 5.92. The van der Waals surface area contributed by atoms with Gasteiger partial charge in [0.2, 0.25) is 11.8 Å². The van der Waals surface area contributed by atoms with E-state index in [-0.39, 0.29) is 23.4 Å². The Labute approximate surface area is 178 Å². The van der Waals surface area contributed by atoms with Crippen molar-refractivity contribution < 1.29 is 14.3 Å². The molecule has 2 aromatic heterocycles. The summed E-state index contributed by atoms with van der Waals surface area (Å²) >= 11 is 0. The lowest BCUT2D eigenvalue weighted by atomic mass is 9.98. The van der Waals surface area contributed by atoms with E-state index in [0.29, 0.717) is 30.0 Å². The Morgan fingerprint density at radius 2 is 1.94 bits per heavy atom. The second-order valence-electron chi connectivity index (χ2n) is 7.13. The molecule has 0 aliphatic rings. The zero-order chi connectivity index (χ0) is 22.0. The Kier molecular flexibility index (Phi) is 5.50. The summed E-state index contributed by atoms with van der Waals surface area (Å²) in [6, 6.07) is 12.3. The molecule has 0 radical (unpaired) electrons. The molecule has 0 aliphatic carbocycles. The molecular formula is C22H22N6O3. The Hall–Kier alpha value is -3.98. The first-order valence-electron chi connectivity index (χ1n) is 9.75. The molecule has 5 N–H and O–H groups in total. The van der Waals surface area contributed by atoms with Crippen LogP contribution in [-0.2, 0) is 0 Å². The van der Waals surface area contributed by atoms with E-state index in [9.17, 15) is 9.90 Å². The van der Waals surface area contributed by atoms with Crippen molar-refractivity contribution in [1.82, 2.24) is 20.5 Å². The number of aromatic nitrogens is 3. The molecule has 1 amide bonds. The average Bonchev–Trinajstić information content (AvgIpc) is 3.22. The van der Waals surface area contributed by atoms with Crippen LogP contribution in [0.15, 0.2) is 46.9 Å². The van der Waals surface area contributed by atoms with Crippen LogP contribution in [0.2, 0.25) is 0 Å². The van der Waals surface area contributed by atoms with Gasteiger partial charge in [-0.05, 0) is 66.4 Å². The van der Waals surface area contributed by atoms with Crippen molar-refractivity contribution in [3.63, 3.8) is 0 Å². The summed E-state index contributed by atoms with van der Waals surface area (Å²) in [4.78, 5) is 16.5. The fraction of sp³-hybridized carbons (Fsp3) is 0.182. The van der Waals surface area contributed by atoms with Gasteiger partial charge in [-0.2, -0.15) is 0 Å². The fourth-order valence-corrected chi connectivity index (χ4v) is 3.25. The molecule has 9 nitrogen and oxygen atoms in total. The monoisotopic (exact) mass is 418 g/mol. The van der Waals surface area contributed by atoms with Gasteiger partial charge in [0.05, 0.1) is 5.52 Å². The van der Waals surface area contributed by atoms with Gasteiger partial charge < -0.3 is 20.6 Å². The highest BCUT2D eigenvalue weighted by Crippen LogP contribution is 2.30. The van der Waals surface area contributed by atoms with E-state index in [0.717, 1.165) is 22.3 Å². The zero-order valence-electron chi connectivity index (χ0n) is 17.1. The van der Waals surface area contributed by atoms with Gasteiger partial charge in [0.15, 0.2) is 5.76 Å². The van der Waals surface area contributed by atoms with Crippen LogP contribution in [0.3, 0.4) is 0 Å². The number of hydrogen-bond donors (Lipinski definition) is 4. The zero-order valence-corrected chi connectivity index (χ0v) is 17.1. The van der Waals surface area contributed by atoms with Crippen LogP contribution in [0.4, 0.5) is 11.8 Å². The van der Waals surface area contributed by atoms with Gasteiger partial charge in [-0.3, -0.25) is 10.1 Å². The van der Waals surface area contributed by atoms with Gasteiger partial charge in [0, 0.05) is 19.2 Å². The number of nitrogens with two attached hydrogens (primary N) is 1. The van der Waals surface area contributed by atoms with Gasteiger partial charge in [0.25, 0.3) is 5.91 Å². The quantitative estimate of drug-likeness (QED) is 0.375. The maximum atomic E-state index is 11.9. The molecule has 31 heavy (non-hydrogen) atoms. The number of nitrogens with one attached hydrogen (secondary N) is 2. The predicted octanol–water partition coefficient (Wildman–Crippen LogP) is 3.04. The average molecular weight is 418 g/mol. The Morgan fingerprint density at radius 3 is 2.74 bits per heavy atom. The van der Waals surface area contributed by atoms with Crippen molar-refractivity contribution >= 4 is 28.8 Å². The SMILES string of the molecule is Cc1ccc(O)cc1-c1cc(C)c2nc(Nc3ccc(C(=O)NCCN)o3)nnc2c1. The molecule has 0 atom stereocenters. The van der Waals surface area contributed by atoms with E-state index >= 15 is 0 Å². The number of rotatable bonds is 6. The molecule has 4 aromatic rings. The number of furan rings is 1. The van der Waals surface area contributed by atoms with E-state index in [1.54, 1.807) is 24.3 Å². The summed E-state index contributed by atoms with van der Waals surface area (Å²) in [7, 11) is 0. The normalized spacial score (nSPS) is 10.9. The molecule has 0 bridgehead atoms. The van der Waals surface area contributed by atoms with Crippen LogP contribution in [0.5, 0.6) is 5.75 Å². The number of hydrogen-bond acceptors (Lipinski definition) is 8. The van der Waals surface area contributed by atoms with Crippen molar-refractivity contribution in [3.05, 3.63) is 59.4 Å². The summed E-state index contributed by atoms with van der Waals surface area (Å²) in [6.45, 7) is 4.64. The first-order chi connectivity index (χ1) is 14.9. The van der Waals surface area contributed by atoms with Crippen LogP contribution in [0.25, 0.3) is 22.2 Å². The Bertz CT molecular complexity index is 1270. The highest BCUT2D eigenvalue weighted by atomic mass is 16.4. The van der Waals surface area contributed by atoms with Crippen molar-refractivity contribution in [2.45, 2.75) is 13.8 Å². The summed E-state index contributed by atoms with van der Waals surface area (Å²) in [5.41, 5.74) is 10.5. The summed E-state index contributed by atoms with van der Waals surface area (Å²) in [5.74, 6) is 0.592. The molecule has 0 unspecified atom stereocenters. The van der Waals surface area contributed by atoms with Gasteiger partial charge in [-0.1, -0.05) is 6.07 Å². The van der Waals surface area contributed by atoms with Crippen LogP contribution < -0.4 is 16.4 Å². The lowest BCUT2D eigenvalue weighted by Crippen LogP contribution is -2.28. The van der Waals surface area contributed by atoms with E-state index in [1.807, 2.05) is 32.0 Å². The Balaban J connectivity index is 1.60. The second-order valence-corrected chi connectivity index (χ2v) is 7.13. The Morgan fingerprint density at radius 1 is 1.10 bits per heavy atom. The minimum absolute atomic E-state index is 0.159. The first kappa shape index (κ1) is 20.3. The van der Waals surface area contributed by atoms with Crippen LogP contribution in [-0.4, -0.2) is 39.3 Å². The molecule has 0 spiro atoms. The lowest BCUT2D eigenvalue weighted by Gasteiger charge is -2.10. The second kappa shape index (κ2) is 8.41. The molecular weight excluding hydrogens is 396 g/mol. The molecule has 2 aromatic carbocycles. The number of nitrogens with zero attached hydrogens (tertiary/aromatic N) is 3. The van der Waals surface area contributed by atoms with E-state index in [1.165, 1.54) is 0 Å². The minimum Gasteiger partial charge on any atom is -0.508 e. The topological polar surface area (TPSA) is 139 Å². The van der Waals surface area contributed by atoms with Gasteiger partial charge in [-0.25, -0.2) is 4.98 Å². The van der Waals surface area contributed by atoms with Crippen LogP contribution >= 0.6 is 0 Å². The van der Waals surface area contributed by atoms with Crippen molar-refractivity contribution in [2.24, 2.45) is 5.73 Å². The lowest BCUT2D eigenvalue weighted by molar-refractivity contribution is 0.0928. The molecule has 2 heterocycles. The van der Waals surface area contributed by atoms with E-state index in [4.69, 9.17) is 10.2 Å². The minimum atomic E-state index is -0.346. The molecule has 0 saturated carbocycles. The van der Waals surface area contributed by atoms with Gasteiger partial charge >= 0.3 is 0 Å². The number of amides is 1. The summed E-state index contributed by atoms with van der Waals surface area (Å²) < 4.78 is 5.49. The van der Waals surface area contributed by atoms with Gasteiger partial charge in [0.1, 0.15) is 11.3 Å². The maximum Gasteiger partial charge on any atom is 0.287 e. The number of aromatic hydroxyl groups is 1. The largest absolute Gasteiger partial charge is 0.508 e. The molecule has 9 heteroatoms. The van der Waals surface area contributed by atoms with Crippen LogP contribution in [0, 0.1) is 13.8 Å². The third-order valence-electron chi connectivity index (χ3n) is 4.78. The number of carbonyl (C=O) groups excluding carboxylic acids is 1. The summed E-state index contributed by atoms with van der Waals surface area (Å²) in [6.07, 6.45) is 0. The fourth-order valence-electron chi connectivity index (χ4n) is 3.25. The summed E-state index contributed by atoms with van der Waals surface area (Å²) in [5, 5.41) is 23.8. The van der Waals surface area contributed by atoms with Gasteiger partial charge in [-0.15, -0.1) is 10.2 Å². The van der Waals surface area contributed by atoms with E-state index < -0.39 is 0 Å². The molecule has 0 aliphatic heterocycles. The standard InChI is InChI=1S/C22H22N6O3/c1-12-3-4-15(29)11-16(12)14-9-13(2)20-17(10-14)27-28-22(26-20)25-19-6-5-18(31-19)21(30)24-8-7-23/h3-6,9-11,29H,7-8,23H2,1-2H3,(H,24,30)(H,25,26,28). The number of carbonyl (C=O) groups is 1. The smallest absolute Gasteiger partial charge is 0.287 e. The molecule has 0 fully saturated rings. The highest BCUT2D eigenvalue weighted by Gasteiger charge is 2.13. The number of fused-ring (bicyclic) bond motifs is 1. The van der Waals surface area contributed by atoms with Crippen LogP contribution in [0.1, 0.15) is 21.7 Å². The number of aryl methyl sites for hydroxylation is 2. The van der Waals surface area contributed by atoms with Crippen molar-refractivity contribution in [2.75, 3.05) is 18.4 Å². The third-order valence-corrected chi connectivity index (χ3v) is 4.78. The number of phenolic OH excluding ortho intramolecular Hbond substituents is 1.